The van der Waals surface area contributed by atoms with Crippen LogP contribution in [0.5, 0.6) is 0 Å². The Balaban J connectivity index is 1.72. The van der Waals surface area contributed by atoms with Crippen molar-refractivity contribution >= 4 is 5.91 Å². The minimum Gasteiger partial charge on any atom is -0.361 e. The van der Waals surface area contributed by atoms with Crippen LogP contribution >= 0.6 is 0 Å². The lowest BCUT2D eigenvalue weighted by molar-refractivity contribution is -0.132. The Bertz CT molecular complexity index is 634. The molecule has 0 saturated carbocycles. The third-order valence-corrected chi connectivity index (χ3v) is 3.66. The number of aryl methyl sites for hydroxylation is 2. The maximum atomic E-state index is 12.4. The molecule has 3 heterocycles. The molecule has 7 nitrogen and oxygen atoms in total. The van der Waals surface area contributed by atoms with Crippen molar-refractivity contribution in [3.8, 4) is 0 Å². The molecule has 0 spiro atoms. The molecule has 112 valence electrons. The zero-order valence-electron chi connectivity index (χ0n) is 12.2. The fourth-order valence-electron chi connectivity index (χ4n) is 2.62. The molecule has 0 N–H and O–H groups in total. The van der Waals surface area contributed by atoms with E-state index >= 15 is 0 Å². The topological polar surface area (TPSA) is 85.3 Å². The first-order chi connectivity index (χ1) is 10.2. The van der Waals surface area contributed by atoms with Gasteiger partial charge in [-0.2, -0.15) is 4.98 Å². The van der Waals surface area contributed by atoms with Crippen molar-refractivity contribution < 1.29 is 13.8 Å². The van der Waals surface area contributed by atoms with Crippen LogP contribution in [0.2, 0.25) is 0 Å². The Morgan fingerprint density at radius 3 is 2.95 bits per heavy atom. The van der Waals surface area contributed by atoms with Crippen LogP contribution in [0.4, 0.5) is 0 Å². The highest BCUT2D eigenvalue weighted by atomic mass is 16.5. The predicted octanol–water partition coefficient (Wildman–Crippen LogP) is 1.83. The Morgan fingerprint density at radius 1 is 1.43 bits per heavy atom. The van der Waals surface area contributed by atoms with E-state index in [0.29, 0.717) is 24.0 Å². The van der Waals surface area contributed by atoms with Gasteiger partial charge in [-0.1, -0.05) is 17.2 Å². The summed E-state index contributed by atoms with van der Waals surface area (Å²) < 4.78 is 10.4. The molecule has 1 aliphatic rings. The number of rotatable bonds is 4. The number of aromatic nitrogens is 3. The highest BCUT2D eigenvalue weighted by Crippen LogP contribution is 2.31. The molecule has 1 fully saturated rings. The van der Waals surface area contributed by atoms with Crippen LogP contribution in [0.25, 0.3) is 0 Å². The van der Waals surface area contributed by atoms with Crippen molar-refractivity contribution in [2.75, 3.05) is 6.54 Å². The number of carbonyl (C=O) groups is 1. The average Bonchev–Trinajstić information content (AvgIpc) is 3.17. The summed E-state index contributed by atoms with van der Waals surface area (Å²) in [6, 6.07) is 1.67. The van der Waals surface area contributed by atoms with Crippen LogP contribution in [0, 0.1) is 6.92 Å². The van der Waals surface area contributed by atoms with Gasteiger partial charge >= 0.3 is 0 Å². The van der Waals surface area contributed by atoms with Gasteiger partial charge in [-0.3, -0.25) is 4.79 Å². The van der Waals surface area contributed by atoms with Gasteiger partial charge in [-0.15, -0.1) is 0 Å². The van der Waals surface area contributed by atoms with E-state index < -0.39 is 0 Å². The van der Waals surface area contributed by atoms with Gasteiger partial charge in [-0.05, 0) is 19.8 Å². The molecule has 0 bridgehead atoms. The van der Waals surface area contributed by atoms with E-state index in [0.717, 1.165) is 25.0 Å². The lowest BCUT2D eigenvalue weighted by Crippen LogP contribution is -2.31. The summed E-state index contributed by atoms with van der Waals surface area (Å²) in [7, 11) is 0. The van der Waals surface area contributed by atoms with Gasteiger partial charge in [0.15, 0.2) is 5.82 Å². The summed E-state index contributed by atoms with van der Waals surface area (Å²) in [5, 5.41) is 7.71. The van der Waals surface area contributed by atoms with Gasteiger partial charge in [0.05, 0.1) is 12.1 Å². The summed E-state index contributed by atoms with van der Waals surface area (Å²) in [5.41, 5.74) is 0.778. The Kier molecular flexibility index (Phi) is 3.72. The number of hydrogen-bond donors (Lipinski definition) is 0. The minimum absolute atomic E-state index is 0.00454. The van der Waals surface area contributed by atoms with E-state index in [2.05, 4.69) is 15.3 Å². The number of nitrogens with zero attached hydrogens (tertiary/aromatic N) is 4. The van der Waals surface area contributed by atoms with E-state index in [-0.39, 0.29) is 18.4 Å². The number of likely N-dealkylation sites (tertiary alicyclic amines) is 1. The van der Waals surface area contributed by atoms with E-state index in [1.54, 1.807) is 11.0 Å². The third-order valence-electron chi connectivity index (χ3n) is 3.66. The summed E-state index contributed by atoms with van der Waals surface area (Å²) in [6.45, 7) is 4.51. The highest BCUT2D eigenvalue weighted by Gasteiger charge is 2.34. The zero-order chi connectivity index (χ0) is 14.8. The molecule has 2 aromatic rings. The van der Waals surface area contributed by atoms with Crippen molar-refractivity contribution in [2.45, 2.75) is 45.6 Å². The molecule has 0 unspecified atom stereocenters. The first-order valence-electron chi connectivity index (χ1n) is 7.21. The van der Waals surface area contributed by atoms with Gasteiger partial charge in [0, 0.05) is 19.0 Å². The summed E-state index contributed by atoms with van der Waals surface area (Å²) in [6.07, 6.45) is 2.73. The number of hydrogen-bond acceptors (Lipinski definition) is 6. The Morgan fingerprint density at radius 2 is 2.29 bits per heavy atom. The number of carbonyl (C=O) groups excluding carboxylic acids is 1. The standard InChI is InChI=1S/C14H18N4O3/c1-3-12-15-14(21-17-12)11-5-4-6-18(11)13(19)8-10-7-9(2)16-20-10/h7,11H,3-6,8H2,1-2H3/t11-/m0/s1. The fourth-order valence-corrected chi connectivity index (χ4v) is 2.62. The van der Waals surface area contributed by atoms with Crippen molar-refractivity contribution in [2.24, 2.45) is 0 Å². The molecule has 0 aromatic carbocycles. The first-order valence-corrected chi connectivity index (χ1v) is 7.21. The van der Waals surface area contributed by atoms with Crippen molar-refractivity contribution in [1.29, 1.82) is 0 Å². The quantitative estimate of drug-likeness (QED) is 0.854. The summed E-state index contributed by atoms with van der Waals surface area (Å²) in [4.78, 5) is 18.6. The van der Waals surface area contributed by atoms with Gasteiger partial charge in [0.1, 0.15) is 11.8 Å². The summed E-state index contributed by atoms with van der Waals surface area (Å²) >= 11 is 0. The SMILES string of the molecule is CCc1noc([C@@H]2CCCN2C(=O)Cc2cc(C)no2)n1. The molecular formula is C14H18N4O3. The largest absolute Gasteiger partial charge is 0.361 e. The van der Waals surface area contributed by atoms with E-state index in [1.807, 2.05) is 13.8 Å². The van der Waals surface area contributed by atoms with Crippen LogP contribution in [0.15, 0.2) is 15.1 Å². The zero-order valence-corrected chi connectivity index (χ0v) is 12.2. The Labute approximate surface area is 122 Å². The van der Waals surface area contributed by atoms with Gasteiger partial charge in [0.25, 0.3) is 0 Å². The van der Waals surface area contributed by atoms with Crippen molar-refractivity contribution in [1.82, 2.24) is 20.2 Å². The molecule has 1 saturated heterocycles. The molecule has 1 aliphatic heterocycles. The van der Waals surface area contributed by atoms with E-state index in [1.165, 1.54) is 0 Å². The fraction of sp³-hybridized carbons (Fsp3) is 0.571. The van der Waals surface area contributed by atoms with Crippen LogP contribution in [-0.4, -0.2) is 32.6 Å². The normalized spacial score (nSPS) is 18.4. The molecule has 0 radical (unpaired) electrons. The smallest absolute Gasteiger partial charge is 0.249 e. The summed E-state index contributed by atoms with van der Waals surface area (Å²) in [5.74, 6) is 1.80. The van der Waals surface area contributed by atoms with Gasteiger partial charge in [-0.25, -0.2) is 0 Å². The number of amides is 1. The van der Waals surface area contributed by atoms with Crippen LogP contribution in [0.1, 0.15) is 49.0 Å². The molecule has 21 heavy (non-hydrogen) atoms. The monoisotopic (exact) mass is 290 g/mol. The highest BCUT2D eigenvalue weighted by molar-refractivity contribution is 5.78. The van der Waals surface area contributed by atoms with Crippen molar-refractivity contribution in [3.05, 3.63) is 29.2 Å². The van der Waals surface area contributed by atoms with Gasteiger partial charge < -0.3 is 13.9 Å². The second kappa shape index (κ2) is 5.67. The molecule has 0 aliphatic carbocycles. The molecular weight excluding hydrogens is 272 g/mol. The molecule has 1 atom stereocenters. The molecule has 1 amide bonds. The maximum absolute atomic E-state index is 12.4. The third kappa shape index (κ3) is 2.81. The molecule has 2 aromatic heterocycles. The first kappa shape index (κ1) is 13.8. The maximum Gasteiger partial charge on any atom is 0.249 e. The lowest BCUT2D eigenvalue weighted by atomic mass is 10.2. The Hall–Kier alpha value is -2.18. The lowest BCUT2D eigenvalue weighted by Gasteiger charge is -2.21. The van der Waals surface area contributed by atoms with Crippen LogP contribution in [0.3, 0.4) is 0 Å². The molecule has 3 rings (SSSR count). The van der Waals surface area contributed by atoms with Gasteiger partial charge in [0.2, 0.25) is 11.8 Å². The predicted molar refractivity (Wildman–Crippen MR) is 72.3 cm³/mol. The van der Waals surface area contributed by atoms with Crippen LogP contribution in [-0.2, 0) is 17.6 Å². The molecule has 7 heteroatoms. The van der Waals surface area contributed by atoms with Crippen molar-refractivity contribution in [3.63, 3.8) is 0 Å². The second-order valence-corrected chi connectivity index (χ2v) is 5.26. The van der Waals surface area contributed by atoms with Crippen LogP contribution < -0.4 is 0 Å². The second-order valence-electron chi connectivity index (χ2n) is 5.26. The van der Waals surface area contributed by atoms with E-state index in [9.17, 15) is 4.79 Å². The minimum atomic E-state index is -0.116. The van der Waals surface area contributed by atoms with E-state index in [4.69, 9.17) is 9.05 Å². The average molecular weight is 290 g/mol.